The first-order valence-electron chi connectivity index (χ1n) is 6.11. The zero-order chi connectivity index (χ0) is 13.1. The molecule has 0 bridgehead atoms. The minimum Gasteiger partial charge on any atom is -0.255 e. The molecule has 0 radical (unpaired) electrons. The van der Waals surface area contributed by atoms with Crippen molar-refractivity contribution in [2.24, 2.45) is 5.10 Å². The number of hydrazone groups is 1. The quantitative estimate of drug-likeness (QED) is 0.820. The van der Waals surface area contributed by atoms with Crippen LogP contribution in [-0.2, 0) is 0 Å². The van der Waals surface area contributed by atoms with Crippen molar-refractivity contribution in [3.63, 3.8) is 0 Å². The Bertz CT molecular complexity index is 628. The molecule has 1 aromatic heterocycles. The third-order valence-electron chi connectivity index (χ3n) is 3.04. The van der Waals surface area contributed by atoms with Crippen molar-refractivity contribution in [1.82, 2.24) is 4.98 Å². The van der Waals surface area contributed by atoms with Crippen LogP contribution in [0.4, 0.5) is 5.69 Å². The molecule has 92 valence electrons. The van der Waals surface area contributed by atoms with E-state index < -0.39 is 0 Å². The molecule has 4 nitrogen and oxygen atoms in total. The fourth-order valence-electron chi connectivity index (χ4n) is 2.12. The molecule has 1 aliphatic heterocycles. The molecule has 1 aromatic carbocycles. The van der Waals surface area contributed by atoms with Gasteiger partial charge in [-0.1, -0.05) is 24.3 Å². The molecule has 2 aromatic rings. The van der Waals surface area contributed by atoms with Crippen molar-refractivity contribution in [1.29, 1.82) is 5.26 Å². The van der Waals surface area contributed by atoms with Crippen molar-refractivity contribution in [2.75, 3.05) is 5.01 Å². The van der Waals surface area contributed by atoms with Crippen LogP contribution in [0.25, 0.3) is 0 Å². The molecule has 0 aliphatic carbocycles. The summed E-state index contributed by atoms with van der Waals surface area (Å²) >= 11 is 0. The van der Waals surface area contributed by atoms with E-state index in [0.717, 1.165) is 17.1 Å². The van der Waals surface area contributed by atoms with E-state index in [1.165, 1.54) is 0 Å². The van der Waals surface area contributed by atoms with E-state index in [1.54, 1.807) is 11.2 Å². The highest BCUT2D eigenvalue weighted by Gasteiger charge is 2.28. The topological polar surface area (TPSA) is 52.3 Å². The summed E-state index contributed by atoms with van der Waals surface area (Å²) < 4.78 is 0. The Hall–Kier alpha value is -2.67. The van der Waals surface area contributed by atoms with Gasteiger partial charge in [0.05, 0.1) is 23.2 Å². The van der Waals surface area contributed by atoms with E-state index in [-0.39, 0.29) is 6.04 Å². The van der Waals surface area contributed by atoms with Gasteiger partial charge in [0.2, 0.25) is 0 Å². The van der Waals surface area contributed by atoms with Gasteiger partial charge in [-0.2, -0.15) is 10.4 Å². The number of benzene rings is 1. The largest absolute Gasteiger partial charge is 0.255 e. The zero-order valence-electron chi connectivity index (χ0n) is 10.3. The van der Waals surface area contributed by atoms with E-state index in [1.807, 2.05) is 48.5 Å². The Morgan fingerprint density at radius 3 is 2.58 bits per heavy atom. The second-order valence-corrected chi connectivity index (χ2v) is 4.29. The molecular formula is C15H12N4. The molecule has 4 heteroatoms. The van der Waals surface area contributed by atoms with Gasteiger partial charge in [-0.05, 0) is 24.3 Å². The number of aromatic nitrogens is 1. The third kappa shape index (κ3) is 2.18. The van der Waals surface area contributed by atoms with Crippen molar-refractivity contribution in [2.45, 2.75) is 12.5 Å². The molecule has 3 rings (SSSR count). The summed E-state index contributed by atoms with van der Waals surface area (Å²) in [5.41, 5.74) is 2.62. The minimum absolute atomic E-state index is 0.264. The van der Waals surface area contributed by atoms with E-state index in [4.69, 9.17) is 0 Å². The standard InChI is InChI=1S/C15H12N4/c16-11-13-10-15(14-8-4-5-9-17-14)18-19(13)12-6-2-1-3-7-12/h1-9,13H,10H2. The summed E-state index contributed by atoms with van der Waals surface area (Å²) in [7, 11) is 0. The fraction of sp³-hybridized carbons (Fsp3) is 0.133. The van der Waals surface area contributed by atoms with Crippen molar-refractivity contribution in [3.8, 4) is 6.07 Å². The maximum Gasteiger partial charge on any atom is 0.144 e. The van der Waals surface area contributed by atoms with Gasteiger partial charge in [0.1, 0.15) is 6.04 Å². The van der Waals surface area contributed by atoms with Gasteiger partial charge >= 0.3 is 0 Å². The van der Waals surface area contributed by atoms with Crippen LogP contribution < -0.4 is 5.01 Å². The summed E-state index contributed by atoms with van der Waals surface area (Å²) in [6.45, 7) is 0. The molecule has 19 heavy (non-hydrogen) atoms. The van der Waals surface area contributed by atoms with Crippen LogP contribution in [0.3, 0.4) is 0 Å². The number of nitrogens with zero attached hydrogens (tertiary/aromatic N) is 4. The van der Waals surface area contributed by atoms with E-state index in [0.29, 0.717) is 6.42 Å². The molecule has 0 spiro atoms. The Kier molecular flexibility index (Phi) is 2.95. The van der Waals surface area contributed by atoms with Crippen LogP contribution in [0.2, 0.25) is 0 Å². The normalized spacial score (nSPS) is 17.9. The van der Waals surface area contributed by atoms with Crippen LogP contribution in [0.15, 0.2) is 59.8 Å². The number of hydrogen-bond donors (Lipinski definition) is 0. The molecule has 0 amide bonds. The minimum atomic E-state index is -0.264. The van der Waals surface area contributed by atoms with Gasteiger partial charge < -0.3 is 0 Å². The Balaban J connectivity index is 1.96. The monoisotopic (exact) mass is 248 g/mol. The molecule has 0 saturated heterocycles. The third-order valence-corrected chi connectivity index (χ3v) is 3.04. The maximum atomic E-state index is 9.28. The number of anilines is 1. The highest BCUT2D eigenvalue weighted by Crippen LogP contribution is 2.25. The highest BCUT2D eigenvalue weighted by atomic mass is 15.5. The first-order valence-corrected chi connectivity index (χ1v) is 6.11. The number of hydrogen-bond acceptors (Lipinski definition) is 4. The average molecular weight is 248 g/mol. The SMILES string of the molecule is N#CC1CC(c2ccccn2)=NN1c1ccccc1. The summed E-state index contributed by atoms with van der Waals surface area (Å²) in [5, 5.41) is 15.6. The van der Waals surface area contributed by atoms with E-state index in [2.05, 4.69) is 16.2 Å². The first-order chi connectivity index (χ1) is 9.38. The van der Waals surface area contributed by atoms with Gasteiger partial charge in [-0.15, -0.1) is 0 Å². The second-order valence-electron chi connectivity index (χ2n) is 4.29. The van der Waals surface area contributed by atoms with Crippen LogP contribution in [0, 0.1) is 11.3 Å². The lowest BCUT2D eigenvalue weighted by molar-refractivity contribution is 0.799. The van der Waals surface area contributed by atoms with Crippen molar-refractivity contribution >= 4 is 11.4 Å². The number of para-hydroxylation sites is 1. The predicted molar refractivity (Wildman–Crippen MR) is 73.7 cm³/mol. The van der Waals surface area contributed by atoms with Crippen LogP contribution in [0.5, 0.6) is 0 Å². The summed E-state index contributed by atoms with van der Waals surface area (Å²) in [4.78, 5) is 4.29. The average Bonchev–Trinajstić information content (AvgIpc) is 2.93. The number of rotatable bonds is 2. The summed E-state index contributed by atoms with van der Waals surface area (Å²) in [6.07, 6.45) is 2.34. The predicted octanol–water partition coefficient (Wildman–Crippen LogP) is 2.59. The lowest BCUT2D eigenvalue weighted by atomic mass is 10.1. The Morgan fingerprint density at radius 2 is 1.89 bits per heavy atom. The molecule has 2 heterocycles. The molecule has 0 N–H and O–H groups in total. The van der Waals surface area contributed by atoms with Crippen molar-refractivity contribution in [3.05, 3.63) is 60.4 Å². The Labute approximate surface area is 111 Å². The van der Waals surface area contributed by atoms with Gasteiger partial charge in [0, 0.05) is 12.6 Å². The molecular weight excluding hydrogens is 236 g/mol. The Morgan fingerprint density at radius 1 is 1.11 bits per heavy atom. The van der Waals surface area contributed by atoms with Gasteiger partial charge in [-0.25, -0.2) is 5.01 Å². The molecule has 1 aliphatic rings. The van der Waals surface area contributed by atoms with Crippen molar-refractivity contribution < 1.29 is 0 Å². The van der Waals surface area contributed by atoms with Gasteiger partial charge in [0.25, 0.3) is 0 Å². The summed E-state index contributed by atoms with van der Waals surface area (Å²) in [6, 6.07) is 17.5. The molecule has 0 saturated carbocycles. The van der Waals surface area contributed by atoms with E-state index in [9.17, 15) is 5.26 Å². The second kappa shape index (κ2) is 4.91. The fourth-order valence-corrected chi connectivity index (χ4v) is 2.12. The van der Waals surface area contributed by atoms with Gasteiger partial charge in [0.15, 0.2) is 0 Å². The van der Waals surface area contributed by atoms with Crippen LogP contribution in [0.1, 0.15) is 12.1 Å². The van der Waals surface area contributed by atoms with Crippen LogP contribution in [-0.4, -0.2) is 16.7 Å². The van der Waals surface area contributed by atoms with Crippen LogP contribution >= 0.6 is 0 Å². The molecule has 1 unspecified atom stereocenters. The zero-order valence-corrected chi connectivity index (χ0v) is 10.3. The highest BCUT2D eigenvalue weighted by molar-refractivity contribution is 6.01. The number of nitriles is 1. The van der Waals surface area contributed by atoms with Gasteiger partial charge in [-0.3, -0.25) is 4.98 Å². The maximum absolute atomic E-state index is 9.28. The lowest BCUT2D eigenvalue weighted by Gasteiger charge is -2.17. The summed E-state index contributed by atoms with van der Waals surface area (Å²) in [5.74, 6) is 0. The molecule has 1 atom stereocenters. The molecule has 0 fully saturated rings. The number of pyridine rings is 1. The first kappa shape index (κ1) is 11.4. The lowest BCUT2D eigenvalue weighted by Crippen LogP contribution is -2.24. The van der Waals surface area contributed by atoms with E-state index >= 15 is 0 Å². The smallest absolute Gasteiger partial charge is 0.144 e.